The molecule has 0 N–H and O–H groups in total. The van der Waals surface area contributed by atoms with Crippen LogP contribution in [-0.2, 0) is 32.9 Å². The van der Waals surface area contributed by atoms with E-state index in [2.05, 4.69) is 41.3 Å². The van der Waals surface area contributed by atoms with Crippen LogP contribution in [0.25, 0.3) is 0 Å². The van der Waals surface area contributed by atoms with Gasteiger partial charge in [-0.1, -0.05) is 36.4 Å². The number of likely N-dealkylation sites (N-methyl/N-ethyl adjacent to an activating group) is 1. The molecule has 1 amide bonds. The van der Waals surface area contributed by atoms with Gasteiger partial charge in [0.05, 0.1) is 25.9 Å². The van der Waals surface area contributed by atoms with Crippen LogP contribution in [0.15, 0.2) is 48.5 Å². The van der Waals surface area contributed by atoms with Crippen LogP contribution in [0.4, 0.5) is 0 Å². The third-order valence-corrected chi connectivity index (χ3v) is 6.32. The van der Waals surface area contributed by atoms with E-state index in [0.29, 0.717) is 26.2 Å². The highest BCUT2D eigenvalue weighted by molar-refractivity contribution is 5.81. The highest BCUT2D eigenvalue weighted by Crippen LogP contribution is 2.47. The van der Waals surface area contributed by atoms with E-state index >= 15 is 0 Å². The first-order chi connectivity index (χ1) is 14.6. The van der Waals surface area contributed by atoms with Gasteiger partial charge in [0.1, 0.15) is 11.9 Å². The molecule has 0 radical (unpaired) electrons. The second-order valence-electron chi connectivity index (χ2n) is 8.15. The Hall–Kier alpha value is -2.41. The molecule has 1 saturated heterocycles. The van der Waals surface area contributed by atoms with Gasteiger partial charge in [0.25, 0.3) is 5.91 Å². The lowest BCUT2D eigenvalue weighted by atomic mass is 9.86. The number of nitrogens with zero attached hydrogens (tertiary/aromatic N) is 2. The van der Waals surface area contributed by atoms with Crippen molar-refractivity contribution in [2.75, 3.05) is 41.0 Å². The van der Waals surface area contributed by atoms with Crippen LogP contribution < -0.4 is 4.74 Å². The molecule has 2 atom stereocenters. The van der Waals surface area contributed by atoms with E-state index in [-0.39, 0.29) is 11.4 Å². The average molecular weight is 411 g/mol. The molecule has 4 rings (SSSR count). The molecule has 0 saturated carbocycles. The lowest BCUT2D eigenvalue weighted by molar-refractivity contribution is -0.140. The SMILES string of the molecule is COCCN(C)C(=O)[C@H]1C[C@]2(CO1)c1ccccc1CN2Cc1cccc(OC)c1. The van der Waals surface area contributed by atoms with Crippen LogP contribution >= 0.6 is 0 Å². The van der Waals surface area contributed by atoms with E-state index in [1.54, 1.807) is 19.1 Å². The fraction of sp³-hybridized carbons (Fsp3) is 0.458. The number of methoxy groups -OCH3 is 2. The summed E-state index contributed by atoms with van der Waals surface area (Å²) in [6, 6.07) is 16.7. The van der Waals surface area contributed by atoms with Crippen molar-refractivity contribution < 1.29 is 19.0 Å². The maximum absolute atomic E-state index is 13.0. The highest BCUT2D eigenvalue weighted by Gasteiger charge is 2.52. The van der Waals surface area contributed by atoms with Gasteiger partial charge in [-0.15, -0.1) is 0 Å². The maximum atomic E-state index is 13.0. The molecular weight excluding hydrogens is 380 g/mol. The topological polar surface area (TPSA) is 51.2 Å². The van der Waals surface area contributed by atoms with Crippen LogP contribution in [-0.4, -0.2) is 62.8 Å². The minimum atomic E-state index is -0.439. The van der Waals surface area contributed by atoms with Gasteiger partial charge in [-0.25, -0.2) is 0 Å². The zero-order valence-electron chi connectivity index (χ0n) is 18.0. The van der Waals surface area contributed by atoms with Crippen molar-refractivity contribution in [3.63, 3.8) is 0 Å². The highest BCUT2D eigenvalue weighted by atomic mass is 16.5. The van der Waals surface area contributed by atoms with Crippen molar-refractivity contribution in [2.24, 2.45) is 0 Å². The summed E-state index contributed by atoms with van der Waals surface area (Å²) in [6.45, 7) is 3.21. The van der Waals surface area contributed by atoms with E-state index in [1.165, 1.54) is 16.7 Å². The minimum Gasteiger partial charge on any atom is -0.497 e. The number of ether oxygens (including phenoxy) is 3. The molecule has 2 aliphatic rings. The molecule has 6 nitrogen and oxygen atoms in total. The number of hydrogen-bond acceptors (Lipinski definition) is 5. The first-order valence-electron chi connectivity index (χ1n) is 10.4. The monoisotopic (exact) mass is 410 g/mol. The Morgan fingerprint density at radius 1 is 1.23 bits per heavy atom. The van der Waals surface area contributed by atoms with Crippen LogP contribution in [0.2, 0.25) is 0 Å². The Bertz CT molecular complexity index is 902. The van der Waals surface area contributed by atoms with Gasteiger partial charge in [0.15, 0.2) is 0 Å². The Kier molecular flexibility index (Phi) is 6.09. The Labute approximate surface area is 178 Å². The number of fused-ring (bicyclic) bond motifs is 2. The lowest BCUT2D eigenvalue weighted by Gasteiger charge is -2.35. The Morgan fingerprint density at radius 2 is 2.07 bits per heavy atom. The van der Waals surface area contributed by atoms with Gasteiger partial charge in [-0.2, -0.15) is 0 Å². The first kappa shape index (κ1) is 20.8. The summed E-state index contributed by atoms with van der Waals surface area (Å²) in [4.78, 5) is 17.1. The van der Waals surface area contributed by atoms with Gasteiger partial charge >= 0.3 is 0 Å². The molecule has 1 spiro atoms. The van der Waals surface area contributed by atoms with Gasteiger partial charge < -0.3 is 19.1 Å². The summed E-state index contributed by atoms with van der Waals surface area (Å²) < 4.78 is 16.6. The average Bonchev–Trinajstić information content (AvgIpc) is 3.35. The smallest absolute Gasteiger partial charge is 0.251 e. The molecule has 2 heterocycles. The summed E-state index contributed by atoms with van der Waals surface area (Å²) in [7, 11) is 5.14. The van der Waals surface area contributed by atoms with Crippen LogP contribution in [0.1, 0.15) is 23.1 Å². The normalized spacial score (nSPS) is 23.0. The number of carbonyl (C=O) groups is 1. The van der Waals surface area contributed by atoms with Crippen molar-refractivity contribution in [3.05, 3.63) is 65.2 Å². The molecule has 0 unspecified atom stereocenters. The summed E-state index contributed by atoms with van der Waals surface area (Å²) in [5.41, 5.74) is 3.49. The molecule has 0 aliphatic carbocycles. The second kappa shape index (κ2) is 8.76. The number of rotatable bonds is 7. The summed E-state index contributed by atoms with van der Waals surface area (Å²) in [6.07, 6.45) is 0.218. The van der Waals surface area contributed by atoms with Crippen molar-refractivity contribution in [1.82, 2.24) is 9.80 Å². The van der Waals surface area contributed by atoms with Gasteiger partial charge in [0.2, 0.25) is 0 Å². The lowest BCUT2D eigenvalue weighted by Crippen LogP contribution is -2.43. The number of benzene rings is 2. The van der Waals surface area contributed by atoms with Crippen LogP contribution in [0.3, 0.4) is 0 Å². The zero-order chi connectivity index (χ0) is 21.1. The van der Waals surface area contributed by atoms with Crippen molar-refractivity contribution in [1.29, 1.82) is 0 Å². The van der Waals surface area contributed by atoms with E-state index in [0.717, 1.165) is 18.8 Å². The van der Waals surface area contributed by atoms with E-state index in [1.807, 2.05) is 19.2 Å². The molecule has 30 heavy (non-hydrogen) atoms. The number of amides is 1. The van der Waals surface area contributed by atoms with E-state index < -0.39 is 6.10 Å². The summed E-state index contributed by atoms with van der Waals surface area (Å²) in [5, 5.41) is 0. The van der Waals surface area contributed by atoms with Gasteiger partial charge in [-0.05, 0) is 28.8 Å². The molecule has 0 aromatic heterocycles. The molecule has 6 heteroatoms. The quantitative estimate of drug-likeness (QED) is 0.703. The van der Waals surface area contributed by atoms with Crippen molar-refractivity contribution >= 4 is 5.91 Å². The minimum absolute atomic E-state index is 0.0228. The van der Waals surface area contributed by atoms with E-state index in [9.17, 15) is 4.79 Å². The third kappa shape index (κ3) is 3.83. The first-order valence-corrected chi connectivity index (χ1v) is 10.4. The molecule has 2 aliphatic heterocycles. The molecule has 160 valence electrons. The van der Waals surface area contributed by atoms with Crippen LogP contribution in [0, 0.1) is 0 Å². The van der Waals surface area contributed by atoms with Crippen molar-refractivity contribution in [3.8, 4) is 5.75 Å². The van der Waals surface area contributed by atoms with E-state index in [4.69, 9.17) is 14.2 Å². The third-order valence-electron chi connectivity index (χ3n) is 6.32. The second-order valence-corrected chi connectivity index (χ2v) is 8.15. The predicted molar refractivity (Wildman–Crippen MR) is 114 cm³/mol. The predicted octanol–water partition coefficient (Wildman–Crippen LogP) is 2.80. The molecule has 2 aromatic rings. The molecule has 0 bridgehead atoms. The zero-order valence-corrected chi connectivity index (χ0v) is 18.0. The Balaban J connectivity index is 1.59. The fourth-order valence-corrected chi connectivity index (χ4v) is 4.65. The molecular formula is C24H30N2O4. The summed E-state index contributed by atoms with van der Waals surface area (Å²) in [5.74, 6) is 0.878. The van der Waals surface area contributed by atoms with Crippen LogP contribution in [0.5, 0.6) is 5.75 Å². The van der Waals surface area contributed by atoms with Gasteiger partial charge in [0, 0.05) is 40.2 Å². The largest absolute Gasteiger partial charge is 0.497 e. The standard InChI is InChI=1S/C24H30N2O4/c1-25(11-12-28-2)23(27)22-14-24(17-30-22)21-10-5-4-8-19(21)16-26(24)15-18-7-6-9-20(13-18)29-3/h4-10,13,22H,11-12,14-17H2,1-3H3/t22-,24+/m1/s1. The Morgan fingerprint density at radius 3 is 2.87 bits per heavy atom. The maximum Gasteiger partial charge on any atom is 0.251 e. The van der Waals surface area contributed by atoms with Gasteiger partial charge in [-0.3, -0.25) is 9.69 Å². The van der Waals surface area contributed by atoms with Crippen molar-refractivity contribution in [2.45, 2.75) is 31.2 Å². The fourth-order valence-electron chi connectivity index (χ4n) is 4.65. The molecule has 2 aromatic carbocycles. The summed E-state index contributed by atoms with van der Waals surface area (Å²) >= 11 is 0. The number of carbonyl (C=O) groups excluding carboxylic acids is 1. The number of hydrogen-bond donors (Lipinski definition) is 0. The molecule has 1 fully saturated rings.